The van der Waals surface area contributed by atoms with Crippen LogP contribution in [-0.4, -0.2) is 26.7 Å². The maximum Gasteiger partial charge on any atom is 0.271 e. The van der Waals surface area contributed by atoms with E-state index in [0.29, 0.717) is 28.8 Å². The Morgan fingerprint density at radius 2 is 1.83 bits per heavy atom. The number of aromatic nitrogens is 2. The third-order valence-electron chi connectivity index (χ3n) is 5.24. The van der Waals surface area contributed by atoms with Crippen LogP contribution in [0.15, 0.2) is 64.9 Å². The zero-order chi connectivity index (χ0) is 20.0. The van der Waals surface area contributed by atoms with Crippen molar-refractivity contribution in [2.45, 2.75) is 13.0 Å². The molecule has 5 nitrogen and oxygen atoms in total. The van der Waals surface area contributed by atoms with Gasteiger partial charge in [0.2, 0.25) is 0 Å². The average molecular weight is 422 g/mol. The third-order valence-corrected chi connectivity index (χ3v) is 6.41. The fourth-order valence-corrected chi connectivity index (χ4v) is 4.82. The van der Waals surface area contributed by atoms with E-state index in [-0.39, 0.29) is 17.0 Å². The third kappa shape index (κ3) is 3.05. The van der Waals surface area contributed by atoms with Gasteiger partial charge in [0.05, 0.1) is 5.69 Å². The number of carbonyl (C=O) groups excluding carboxylic acids is 1. The summed E-state index contributed by atoms with van der Waals surface area (Å²) >= 11 is 7.68. The largest absolute Gasteiger partial charge is 0.334 e. The molecule has 3 heterocycles. The number of amides is 1. The van der Waals surface area contributed by atoms with Crippen molar-refractivity contribution in [3.05, 3.63) is 92.2 Å². The smallest absolute Gasteiger partial charge is 0.271 e. The summed E-state index contributed by atoms with van der Waals surface area (Å²) in [4.78, 5) is 33.0. The van der Waals surface area contributed by atoms with Crippen molar-refractivity contribution in [1.29, 1.82) is 0 Å². The van der Waals surface area contributed by atoms with Gasteiger partial charge >= 0.3 is 0 Å². The molecule has 0 saturated heterocycles. The Bertz CT molecular complexity index is 1310. The molecule has 29 heavy (non-hydrogen) atoms. The molecule has 0 fully saturated rings. The van der Waals surface area contributed by atoms with Crippen LogP contribution in [-0.2, 0) is 13.0 Å². The molecule has 0 atom stereocenters. The molecule has 1 aliphatic rings. The summed E-state index contributed by atoms with van der Waals surface area (Å²) in [5, 5.41) is 2.39. The lowest BCUT2D eigenvalue weighted by Gasteiger charge is -2.28. The molecule has 2 aromatic heterocycles. The highest BCUT2D eigenvalue weighted by atomic mass is 35.5. The number of halogens is 1. The van der Waals surface area contributed by atoms with Gasteiger partial charge in [-0.25, -0.2) is 4.98 Å². The second-order valence-corrected chi connectivity index (χ2v) is 8.18. The Hall–Kier alpha value is -2.96. The van der Waals surface area contributed by atoms with Crippen molar-refractivity contribution in [2.24, 2.45) is 0 Å². The van der Waals surface area contributed by atoms with Crippen molar-refractivity contribution in [3.63, 3.8) is 0 Å². The summed E-state index contributed by atoms with van der Waals surface area (Å²) in [6.07, 6.45) is 2.18. The topological polar surface area (TPSA) is 54.7 Å². The number of thiazole rings is 1. The van der Waals surface area contributed by atoms with E-state index in [0.717, 1.165) is 17.5 Å². The molecular weight excluding hydrogens is 406 g/mol. The van der Waals surface area contributed by atoms with Crippen LogP contribution in [0.3, 0.4) is 0 Å². The predicted octanol–water partition coefficient (Wildman–Crippen LogP) is 4.27. The van der Waals surface area contributed by atoms with E-state index in [1.807, 2.05) is 41.8 Å². The normalized spacial score (nSPS) is 13.5. The summed E-state index contributed by atoms with van der Waals surface area (Å²) in [5.74, 6) is -0.289. The number of rotatable bonds is 2. The Balaban J connectivity index is 1.57. The standard InChI is InChI=1S/C22H16ClN3O2S/c23-18-8-4-3-7-16(18)19-13-29-22-24-11-17(21(28)26(19)22)20(27)25-10-9-14-5-1-2-6-15(14)12-25/h1-8,11,13H,9-10,12H2. The molecule has 0 saturated carbocycles. The SMILES string of the molecule is O=C(c1cnc2scc(-c3ccccc3Cl)n2c1=O)N1CCc2ccccc2C1. The van der Waals surface area contributed by atoms with E-state index >= 15 is 0 Å². The lowest BCUT2D eigenvalue weighted by atomic mass is 9.99. The average Bonchev–Trinajstić information content (AvgIpc) is 3.18. The molecule has 1 amide bonds. The second kappa shape index (κ2) is 7.13. The van der Waals surface area contributed by atoms with E-state index in [9.17, 15) is 9.59 Å². The predicted molar refractivity (Wildman–Crippen MR) is 115 cm³/mol. The molecule has 5 rings (SSSR count). The van der Waals surface area contributed by atoms with Crippen molar-refractivity contribution >= 4 is 33.8 Å². The van der Waals surface area contributed by atoms with E-state index < -0.39 is 0 Å². The van der Waals surface area contributed by atoms with Crippen LogP contribution >= 0.6 is 22.9 Å². The van der Waals surface area contributed by atoms with Crippen LogP contribution in [0.2, 0.25) is 5.02 Å². The minimum Gasteiger partial charge on any atom is -0.334 e. The highest BCUT2D eigenvalue weighted by molar-refractivity contribution is 7.15. The molecule has 7 heteroatoms. The number of carbonyl (C=O) groups is 1. The van der Waals surface area contributed by atoms with Crippen molar-refractivity contribution < 1.29 is 4.79 Å². The number of hydrogen-bond acceptors (Lipinski definition) is 4. The molecule has 0 spiro atoms. The fourth-order valence-electron chi connectivity index (χ4n) is 3.74. The van der Waals surface area contributed by atoms with E-state index in [4.69, 9.17) is 11.6 Å². The molecule has 0 bridgehead atoms. The molecular formula is C22H16ClN3O2S. The lowest BCUT2D eigenvalue weighted by molar-refractivity contribution is 0.0732. The number of fused-ring (bicyclic) bond motifs is 2. The monoisotopic (exact) mass is 421 g/mol. The Labute approximate surface area is 175 Å². The second-order valence-electron chi connectivity index (χ2n) is 6.94. The highest BCUT2D eigenvalue weighted by Crippen LogP contribution is 2.30. The van der Waals surface area contributed by atoms with Gasteiger partial charge in [-0.1, -0.05) is 54.1 Å². The Kier molecular flexibility index (Phi) is 4.45. The summed E-state index contributed by atoms with van der Waals surface area (Å²) in [7, 11) is 0. The van der Waals surface area contributed by atoms with Crippen LogP contribution < -0.4 is 5.56 Å². The maximum atomic E-state index is 13.3. The first-order chi connectivity index (χ1) is 14.1. The van der Waals surface area contributed by atoms with Gasteiger partial charge in [-0.2, -0.15) is 0 Å². The lowest BCUT2D eigenvalue weighted by Crippen LogP contribution is -2.39. The summed E-state index contributed by atoms with van der Waals surface area (Å²) < 4.78 is 1.48. The van der Waals surface area contributed by atoms with Crippen LogP contribution in [0.1, 0.15) is 21.5 Å². The molecule has 144 valence electrons. The van der Waals surface area contributed by atoms with Gasteiger partial charge in [-0.05, 0) is 23.6 Å². The van der Waals surface area contributed by atoms with Crippen molar-refractivity contribution in [1.82, 2.24) is 14.3 Å². The first-order valence-corrected chi connectivity index (χ1v) is 10.5. The molecule has 0 radical (unpaired) electrons. The van der Waals surface area contributed by atoms with Gasteiger partial charge in [0, 0.05) is 35.3 Å². The summed E-state index contributed by atoms with van der Waals surface area (Å²) in [6.45, 7) is 1.08. The Morgan fingerprint density at radius 3 is 2.66 bits per heavy atom. The van der Waals surface area contributed by atoms with Gasteiger partial charge in [-0.3, -0.25) is 14.0 Å². The minimum atomic E-state index is -0.366. The molecule has 4 aromatic rings. The van der Waals surface area contributed by atoms with Crippen molar-refractivity contribution in [2.75, 3.05) is 6.54 Å². The maximum absolute atomic E-state index is 13.3. The zero-order valence-corrected chi connectivity index (χ0v) is 16.9. The highest BCUT2D eigenvalue weighted by Gasteiger charge is 2.25. The first kappa shape index (κ1) is 18.1. The molecule has 0 N–H and O–H groups in total. The number of hydrogen-bond donors (Lipinski definition) is 0. The number of nitrogens with zero attached hydrogens (tertiary/aromatic N) is 3. The van der Waals surface area contributed by atoms with Gasteiger partial charge in [0.15, 0.2) is 4.96 Å². The van der Waals surface area contributed by atoms with Crippen LogP contribution in [0.4, 0.5) is 0 Å². The van der Waals surface area contributed by atoms with Crippen molar-refractivity contribution in [3.8, 4) is 11.3 Å². The van der Waals surface area contributed by atoms with E-state index in [1.165, 1.54) is 27.5 Å². The number of benzene rings is 2. The molecule has 0 unspecified atom stereocenters. The van der Waals surface area contributed by atoms with E-state index in [2.05, 4.69) is 11.1 Å². The molecule has 0 aliphatic carbocycles. The fraction of sp³-hybridized carbons (Fsp3) is 0.136. The first-order valence-electron chi connectivity index (χ1n) is 9.23. The van der Waals surface area contributed by atoms with Crippen LogP contribution in [0, 0.1) is 0 Å². The van der Waals surface area contributed by atoms with Crippen LogP contribution in [0.25, 0.3) is 16.2 Å². The zero-order valence-electron chi connectivity index (χ0n) is 15.3. The quantitative estimate of drug-likeness (QED) is 0.485. The molecule has 1 aliphatic heterocycles. The van der Waals surface area contributed by atoms with E-state index in [1.54, 1.807) is 11.0 Å². The minimum absolute atomic E-state index is 0.0774. The van der Waals surface area contributed by atoms with Gasteiger partial charge in [-0.15, -0.1) is 11.3 Å². The summed E-state index contributed by atoms with van der Waals surface area (Å²) in [6, 6.07) is 15.4. The van der Waals surface area contributed by atoms with Gasteiger partial charge < -0.3 is 4.90 Å². The molecule has 2 aromatic carbocycles. The van der Waals surface area contributed by atoms with Crippen LogP contribution in [0.5, 0.6) is 0 Å². The van der Waals surface area contributed by atoms with Gasteiger partial charge in [0.25, 0.3) is 11.5 Å². The van der Waals surface area contributed by atoms with Gasteiger partial charge in [0.1, 0.15) is 5.56 Å². The Morgan fingerprint density at radius 1 is 1.07 bits per heavy atom. The summed E-state index contributed by atoms with van der Waals surface area (Å²) in [5.41, 5.74) is 3.46.